The summed E-state index contributed by atoms with van der Waals surface area (Å²) in [5.41, 5.74) is 0. The maximum absolute atomic E-state index is 2.38. The summed E-state index contributed by atoms with van der Waals surface area (Å²) >= 11 is 2.13. The van der Waals surface area contributed by atoms with Crippen LogP contribution < -0.4 is 0 Å². The van der Waals surface area contributed by atoms with Crippen molar-refractivity contribution >= 4 is 11.8 Å². The first-order chi connectivity index (χ1) is 3.86. The first kappa shape index (κ1) is 4.92. The third-order valence-electron chi connectivity index (χ3n) is 2.07. The van der Waals surface area contributed by atoms with Crippen molar-refractivity contribution in [2.75, 3.05) is 0 Å². The van der Waals surface area contributed by atoms with Crippen molar-refractivity contribution < 1.29 is 0 Å². The van der Waals surface area contributed by atoms with Crippen molar-refractivity contribution in [1.29, 1.82) is 0 Å². The summed E-state index contributed by atoms with van der Waals surface area (Å²) < 4.78 is 0. The van der Waals surface area contributed by atoms with Crippen molar-refractivity contribution in [1.82, 2.24) is 0 Å². The second kappa shape index (κ2) is 1.53. The van der Waals surface area contributed by atoms with Crippen LogP contribution in [-0.4, -0.2) is 10.5 Å². The molecule has 1 aliphatic carbocycles. The molecule has 0 aromatic carbocycles. The number of hydrogen-bond donors (Lipinski definition) is 0. The molecule has 1 saturated heterocycles. The molecule has 44 valence electrons. The Morgan fingerprint density at radius 2 is 2.38 bits per heavy atom. The van der Waals surface area contributed by atoms with Crippen LogP contribution in [0, 0.1) is 5.92 Å². The van der Waals surface area contributed by atoms with E-state index in [0.717, 1.165) is 16.4 Å². The lowest BCUT2D eigenvalue weighted by molar-refractivity contribution is 0.667. The molecule has 2 rings (SSSR count). The summed E-state index contributed by atoms with van der Waals surface area (Å²) in [5.74, 6) is 0.921. The Balaban J connectivity index is 2.23. The van der Waals surface area contributed by atoms with Gasteiger partial charge in [0, 0.05) is 10.5 Å². The average Bonchev–Trinajstić information content (AvgIpc) is 2.23. The van der Waals surface area contributed by atoms with Crippen molar-refractivity contribution in [3.8, 4) is 0 Å². The minimum Gasteiger partial charge on any atom is -0.151 e. The lowest BCUT2D eigenvalue weighted by Gasteiger charge is -2.09. The first-order valence-electron chi connectivity index (χ1n) is 3.20. The van der Waals surface area contributed by atoms with Crippen LogP contribution in [0.15, 0.2) is 12.2 Å². The van der Waals surface area contributed by atoms with Crippen molar-refractivity contribution in [2.24, 2.45) is 5.92 Å². The third-order valence-corrected chi connectivity index (χ3v) is 3.55. The van der Waals surface area contributed by atoms with Crippen LogP contribution in [0.5, 0.6) is 0 Å². The van der Waals surface area contributed by atoms with Gasteiger partial charge in [0.2, 0.25) is 0 Å². The van der Waals surface area contributed by atoms with Crippen LogP contribution in [0.25, 0.3) is 0 Å². The monoisotopic (exact) mass is 126 g/mol. The Bertz CT molecular complexity index is 128. The molecular weight excluding hydrogens is 116 g/mol. The summed E-state index contributed by atoms with van der Waals surface area (Å²) in [6.45, 7) is 2.33. The standard InChI is InChI=1S/C7H10S/c1-5-6-2-3-7(4-6)8-5/h2-3,5-7H,4H2,1H3/t5-,6-,7+/m1/s1. The first-order valence-corrected chi connectivity index (χ1v) is 4.14. The van der Waals surface area contributed by atoms with Gasteiger partial charge in [0.25, 0.3) is 0 Å². The van der Waals surface area contributed by atoms with Gasteiger partial charge in [-0.15, -0.1) is 0 Å². The zero-order valence-electron chi connectivity index (χ0n) is 5.00. The van der Waals surface area contributed by atoms with Gasteiger partial charge >= 0.3 is 0 Å². The van der Waals surface area contributed by atoms with Gasteiger partial charge in [-0.3, -0.25) is 0 Å². The maximum atomic E-state index is 2.38. The van der Waals surface area contributed by atoms with Gasteiger partial charge < -0.3 is 0 Å². The van der Waals surface area contributed by atoms with E-state index in [0.29, 0.717) is 0 Å². The smallest absolute Gasteiger partial charge is 0.0236 e. The van der Waals surface area contributed by atoms with Crippen LogP contribution in [0.2, 0.25) is 0 Å². The maximum Gasteiger partial charge on any atom is 0.0236 e. The number of allylic oxidation sites excluding steroid dienone is 1. The lowest BCUT2D eigenvalue weighted by atomic mass is 10.1. The van der Waals surface area contributed by atoms with Gasteiger partial charge in [0.05, 0.1) is 0 Å². The van der Waals surface area contributed by atoms with E-state index in [9.17, 15) is 0 Å². The fourth-order valence-electron chi connectivity index (χ4n) is 1.52. The molecule has 0 amide bonds. The molecule has 2 aliphatic rings. The summed E-state index contributed by atoms with van der Waals surface area (Å²) in [7, 11) is 0. The molecule has 0 aromatic rings. The van der Waals surface area contributed by atoms with Crippen molar-refractivity contribution in [3.05, 3.63) is 12.2 Å². The molecule has 1 heteroatoms. The fraction of sp³-hybridized carbons (Fsp3) is 0.714. The predicted octanol–water partition coefficient (Wildman–Crippen LogP) is 2.07. The molecule has 0 nitrogen and oxygen atoms in total. The second-order valence-electron chi connectivity index (χ2n) is 2.66. The topological polar surface area (TPSA) is 0 Å². The fourth-order valence-corrected chi connectivity index (χ4v) is 2.99. The Labute approximate surface area is 54.4 Å². The van der Waals surface area contributed by atoms with E-state index < -0.39 is 0 Å². The number of fused-ring (bicyclic) bond motifs is 2. The minimum atomic E-state index is 0.884. The predicted molar refractivity (Wildman–Crippen MR) is 38.1 cm³/mol. The Morgan fingerprint density at radius 3 is 2.62 bits per heavy atom. The third kappa shape index (κ3) is 0.540. The van der Waals surface area contributed by atoms with E-state index in [-0.39, 0.29) is 0 Å². The van der Waals surface area contributed by atoms with Gasteiger partial charge in [-0.05, 0) is 12.3 Å². The molecule has 8 heavy (non-hydrogen) atoms. The molecule has 1 aliphatic heterocycles. The Hall–Kier alpha value is 0.0900. The average molecular weight is 126 g/mol. The van der Waals surface area contributed by atoms with Crippen molar-refractivity contribution in [2.45, 2.75) is 23.8 Å². The summed E-state index contributed by atoms with van der Waals surface area (Å²) in [4.78, 5) is 0. The summed E-state index contributed by atoms with van der Waals surface area (Å²) in [6, 6.07) is 0. The summed E-state index contributed by atoms with van der Waals surface area (Å²) in [6.07, 6.45) is 6.16. The highest BCUT2D eigenvalue weighted by Crippen LogP contribution is 2.44. The molecular formula is C7H10S. The molecule has 0 N–H and O–H groups in total. The van der Waals surface area contributed by atoms with E-state index in [2.05, 4.69) is 30.8 Å². The highest BCUT2D eigenvalue weighted by molar-refractivity contribution is 8.01. The molecule has 3 atom stereocenters. The number of thioether (sulfide) groups is 1. The van der Waals surface area contributed by atoms with Crippen LogP contribution >= 0.6 is 11.8 Å². The molecule has 1 fully saturated rings. The van der Waals surface area contributed by atoms with Crippen LogP contribution in [0.4, 0.5) is 0 Å². The largest absolute Gasteiger partial charge is 0.151 e. The zero-order valence-corrected chi connectivity index (χ0v) is 5.82. The molecule has 0 unspecified atom stereocenters. The van der Waals surface area contributed by atoms with E-state index in [4.69, 9.17) is 0 Å². The minimum absolute atomic E-state index is 0.884. The van der Waals surface area contributed by atoms with E-state index in [1.807, 2.05) is 0 Å². The molecule has 0 spiro atoms. The van der Waals surface area contributed by atoms with E-state index in [1.165, 1.54) is 6.42 Å². The molecule has 0 aromatic heterocycles. The van der Waals surface area contributed by atoms with Gasteiger partial charge in [-0.25, -0.2) is 0 Å². The zero-order chi connectivity index (χ0) is 5.56. The van der Waals surface area contributed by atoms with Crippen LogP contribution in [0.1, 0.15) is 13.3 Å². The molecule has 1 heterocycles. The second-order valence-corrected chi connectivity index (χ2v) is 4.29. The number of hydrogen-bond acceptors (Lipinski definition) is 1. The lowest BCUT2D eigenvalue weighted by Crippen LogP contribution is -2.02. The summed E-state index contributed by atoms with van der Waals surface area (Å²) in [5, 5.41) is 1.79. The Morgan fingerprint density at radius 1 is 1.50 bits per heavy atom. The molecule has 2 bridgehead atoms. The molecule has 0 saturated carbocycles. The van der Waals surface area contributed by atoms with Crippen molar-refractivity contribution in [3.63, 3.8) is 0 Å². The quantitative estimate of drug-likeness (QED) is 0.448. The van der Waals surface area contributed by atoms with E-state index in [1.54, 1.807) is 0 Å². The SMILES string of the molecule is C[C@H]1S[C@H]2C=C[C@@H]1C2. The molecule has 0 radical (unpaired) electrons. The van der Waals surface area contributed by atoms with Gasteiger partial charge in [-0.2, -0.15) is 11.8 Å². The van der Waals surface area contributed by atoms with Gasteiger partial charge in [0.1, 0.15) is 0 Å². The Kier molecular flexibility index (Phi) is 0.944. The normalized spacial score (nSPS) is 50.9. The van der Waals surface area contributed by atoms with Gasteiger partial charge in [0.15, 0.2) is 0 Å². The van der Waals surface area contributed by atoms with Gasteiger partial charge in [-0.1, -0.05) is 19.1 Å². The van der Waals surface area contributed by atoms with Crippen LogP contribution in [0.3, 0.4) is 0 Å². The highest BCUT2D eigenvalue weighted by atomic mass is 32.2. The number of rotatable bonds is 0. The van der Waals surface area contributed by atoms with E-state index >= 15 is 0 Å². The van der Waals surface area contributed by atoms with Crippen LogP contribution in [-0.2, 0) is 0 Å². The highest BCUT2D eigenvalue weighted by Gasteiger charge is 2.32.